The maximum atomic E-state index is 9.60. The molecule has 3 N–H and O–H groups in total. The van der Waals surface area contributed by atoms with Crippen LogP contribution in [0.4, 0.5) is 0 Å². The summed E-state index contributed by atoms with van der Waals surface area (Å²) >= 11 is 0. The Balaban J connectivity index is 2.28. The van der Waals surface area contributed by atoms with Crippen LogP contribution in [-0.4, -0.2) is 26.0 Å². The highest BCUT2D eigenvalue weighted by atomic mass is 16.3. The van der Waals surface area contributed by atoms with E-state index in [9.17, 15) is 5.11 Å². The van der Waals surface area contributed by atoms with Crippen LogP contribution >= 0.6 is 0 Å². The standard InChI is InChI=1S/C12H22N4O/c1-8(17)11(13)12-15-14-9(2)16(12)10-6-4-3-5-7-10/h8,10-11,17H,3-7,13H2,1-2H3. The number of aliphatic hydroxyl groups is 1. The van der Waals surface area contributed by atoms with Gasteiger partial charge in [-0.15, -0.1) is 10.2 Å². The van der Waals surface area contributed by atoms with Crippen molar-refractivity contribution in [3.8, 4) is 0 Å². The van der Waals surface area contributed by atoms with Crippen LogP contribution in [-0.2, 0) is 0 Å². The van der Waals surface area contributed by atoms with Crippen LogP contribution in [0.25, 0.3) is 0 Å². The Labute approximate surface area is 102 Å². The average Bonchev–Trinajstić information content (AvgIpc) is 2.71. The van der Waals surface area contributed by atoms with Gasteiger partial charge in [0.1, 0.15) is 5.82 Å². The first-order valence-electron chi connectivity index (χ1n) is 6.46. The summed E-state index contributed by atoms with van der Waals surface area (Å²) in [6, 6.07) is 0.0108. The number of rotatable bonds is 3. The maximum absolute atomic E-state index is 9.60. The zero-order valence-corrected chi connectivity index (χ0v) is 10.6. The highest BCUT2D eigenvalue weighted by Crippen LogP contribution is 2.31. The molecule has 1 aromatic rings. The molecule has 0 radical (unpaired) electrons. The smallest absolute Gasteiger partial charge is 0.152 e. The van der Waals surface area contributed by atoms with Gasteiger partial charge in [-0.2, -0.15) is 0 Å². The highest BCUT2D eigenvalue weighted by molar-refractivity contribution is 5.04. The van der Waals surface area contributed by atoms with Gasteiger partial charge in [-0.1, -0.05) is 19.3 Å². The Bertz CT molecular complexity index is 369. The molecule has 0 aromatic carbocycles. The predicted molar refractivity (Wildman–Crippen MR) is 65.5 cm³/mol. The largest absolute Gasteiger partial charge is 0.391 e. The maximum Gasteiger partial charge on any atom is 0.152 e. The Morgan fingerprint density at radius 1 is 1.29 bits per heavy atom. The Hall–Kier alpha value is -0.940. The summed E-state index contributed by atoms with van der Waals surface area (Å²) in [5.41, 5.74) is 5.99. The summed E-state index contributed by atoms with van der Waals surface area (Å²) in [6.45, 7) is 3.65. The predicted octanol–water partition coefficient (Wildman–Crippen LogP) is 1.47. The van der Waals surface area contributed by atoms with E-state index in [0.717, 1.165) is 11.6 Å². The van der Waals surface area contributed by atoms with Crippen molar-refractivity contribution in [3.05, 3.63) is 11.6 Å². The van der Waals surface area contributed by atoms with Gasteiger partial charge in [-0.3, -0.25) is 0 Å². The third kappa shape index (κ3) is 2.50. The lowest BCUT2D eigenvalue weighted by atomic mass is 9.95. The lowest BCUT2D eigenvalue weighted by Crippen LogP contribution is -2.29. The summed E-state index contributed by atoms with van der Waals surface area (Å²) in [4.78, 5) is 0. The van der Waals surface area contributed by atoms with Crippen LogP contribution in [0.5, 0.6) is 0 Å². The van der Waals surface area contributed by atoms with Crippen molar-refractivity contribution in [2.75, 3.05) is 0 Å². The Kier molecular flexibility index (Phi) is 3.79. The molecule has 1 aromatic heterocycles. The number of nitrogens with two attached hydrogens (primary N) is 1. The van der Waals surface area contributed by atoms with Crippen LogP contribution in [0.3, 0.4) is 0 Å². The summed E-state index contributed by atoms with van der Waals surface area (Å²) in [7, 11) is 0. The van der Waals surface area contributed by atoms with Crippen molar-refractivity contribution < 1.29 is 5.11 Å². The third-order valence-electron chi connectivity index (χ3n) is 3.65. The van der Waals surface area contributed by atoms with E-state index in [4.69, 9.17) is 5.73 Å². The first-order valence-corrected chi connectivity index (χ1v) is 6.46. The molecule has 1 heterocycles. The van der Waals surface area contributed by atoms with Gasteiger partial charge in [0.05, 0.1) is 12.1 Å². The van der Waals surface area contributed by atoms with E-state index < -0.39 is 12.1 Å². The first kappa shape index (κ1) is 12.5. The van der Waals surface area contributed by atoms with Gasteiger partial charge in [0, 0.05) is 6.04 Å². The lowest BCUT2D eigenvalue weighted by Gasteiger charge is -2.27. The van der Waals surface area contributed by atoms with Crippen LogP contribution in [0.2, 0.25) is 0 Å². The normalized spacial score (nSPS) is 21.4. The van der Waals surface area contributed by atoms with Gasteiger partial charge in [0.15, 0.2) is 5.82 Å². The second-order valence-corrected chi connectivity index (χ2v) is 5.03. The van der Waals surface area contributed by atoms with E-state index >= 15 is 0 Å². The summed E-state index contributed by atoms with van der Waals surface area (Å²) in [5.74, 6) is 1.63. The molecule has 5 nitrogen and oxygen atoms in total. The molecule has 1 saturated carbocycles. The van der Waals surface area contributed by atoms with Crippen molar-refractivity contribution in [3.63, 3.8) is 0 Å². The van der Waals surface area contributed by atoms with E-state index in [0.29, 0.717) is 6.04 Å². The van der Waals surface area contributed by atoms with Crippen LogP contribution < -0.4 is 5.73 Å². The van der Waals surface area contributed by atoms with Gasteiger partial charge >= 0.3 is 0 Å². The third-order valence-corrected chi connectivity index (χ3v) is 3.65. The van der Waals surface area contributed by atoms with E-state index in [2.05, 4.69) is 14.8 Å². The quantitative estimate of drug-likeness (QED) is 0.836. The summed E-state index contributed by atoms with van der Waals surface area (Å²) in [6.07, 6.45) is 5.56. The molecule has 0 aliphatic heterocycles. The molecule has 2 unspecified atom stereocenters. The number of hydrogen-bond donors (Lipinski definition) is 2. The minimum absolute atomic E-state index is 0.446. The topological polar surface area (TPSA) is 77.0 Å². The molecule has 17 heavy (non-hydrogen) atoms. The van der Waals surface area contributed by atoms with Crippen molar-refractivity contribution in [2.45, 2.75) is 64.1 Å². The molecule has 0 bridgehead atoms. The lowest BCUT2D eigenvalue weighted by molar-refractivity contribution is 0.156. The van der Waals surface area contributed by atoms with Gasteiger partial charge < -0.3 is 15.4 Å². The molecule has 1 aliphatic rings. The van der Waals surface area contributed by atoms with Crippen molar-refractivity contribution in [1.29, 1.82) is 0 Å². The van der Waals surface area contributed by atoms with E-state index in [1.165, 1.54) is 32.1 Å². The van der Waals surface area contributed by atoms with Gasteiger partial charge in [-0.05, 0) is 26.7 Å². The molecule has 0 amide bonds. The molecule has 0 spiro atoms. The Morgan fingerprint density at radius 3 is 2.53 bits per heavy atom. The molecule has 0 saturated heterocycles. The minimum atomic E-state index is -0.596. The number of hydrogen-bond acceptors (Lipinski definition) is 4. The van der Waals surface area contributed by atoms with Crippen LogP contribution in [0.15, 0.2) is 0 Å². The second kappa shape index (κ2) is 5.14. The number of aromatic nitrogens is 3. The molecule has 5 heteroatoms. The fourth-order valence-electron chi connectivity index (χ4n) is 2.62. The fourth-order valence-corrected chi connectivity index (χ4v) is 2.62. The molecule has 1 aliphatic carbocycles. The molecule has 96 valence electrons. The van der Waals surface area contributed by atoms with Crippen molar-refractivity contribution in [2.24, 2.45) is 5.73 Å². The molecule has 2 rings (SSSR count). The zero-order valence-electron chi connectivity index (χ0n) is 10.6. The second-order valence-electron chi connectivity index (χ2n) is 5.03. The van der Waals surface area contributed by atoms with Crippen molar-refractivity contribution >= 4 is 0 Å². The molecule has 1 fully saturated rings. The highest BCUT2D eigenvalue weighted by Gasteiger charge is 2.25. The van der Waals surface area contributed by atoms with Crippen molar-refractivity contribution in [1.82, 2.24) is 14.8 Å². The molecular weight excluding hydrogens is 216 g/mol. The SMILES string of the molecule is Cc1nnc(C(N)C(C)O)n1C1CCCCC1. The van der Waals surface area contributed by atoms with E-state index in [1.807, 2.05) is 6.92 Å². The van der Waals surface area contributed by atoms with Crippen LogP contribution in [0.1, 0.15) is 62.8 Å². The number of aryl methyl sites for hydroxylation is 1. The number of aliphatic hydroxyl groups excluding tert-OH is 1. The van der Waals surface area contributed by atoms with E-state index in [1.54, 1.807) is 6.92 Å². The molecular formula is C12H22N4O. The zero-order chi connectivity index (χ0) is 12.4. The minimum Gasteiger partial charge on any atom is -0.391 e. The van der Waals surface area contributed by atoms with Crippen LogP contribution in [0, 0.1) is 6.92 Å². The van der Waals surface area contributed by atoms with E-state index in [-0.39, 0.29) is 0 Å². The number of nitrogens with zero attached hydrogens (tertiary/aromatic N) is 3. The molecule has 2 atom stereocenters. The average molecular weight is 238 g/mol. The fraction of sp³-hybridized carbons (Fsp3) is 0.833. The van der Waals surface area contributed by atoms with Gasteiger partial charge in [0.2, 0.25) is 0 Å². The van der Waals surface area contributed by atoms with Gasteiger partial charge in [-0.25, -0.2) is 0 Å². The monoisotopic (exact) mass is 238 g/mol. The Morgan fingerprint density at radius 2 is 1.94 bits per heavy atom. The summed E-state index contributed by atoms with van der Waals surface area (Å²) in [5, 5.41) is 17.9. The summed E-state index contributed by atoms with van der Waals surface area (Å²) < 4.78 is 2.14. The van der Waals surface area contributed by atoms with Gasteiger partial charge in [0.25, 0.3) is 0 Å². The first-order chi connectivity index (χ1) is 8.11.